The van der Waals surface area contributed by atoms with Crippen molar-refractivity contribution in [3.63, 3.8) is 0 Å². The van der Waals surface area contributed by atoms with Gasteiger partial charge in [0.05, 0.1) is 11.1 Å². The molecule has 0 fully saturated rings. The summed E-state index contributed by atoms with van der Waals surface area (Å²) in [6, 6.07) is 13.7. The zero-order valence-corrected chi connectivity index (χ0v) is 14.5. The minimum absolute atomic E-state index is 0.000198. The van der Waals surface area contributed by atoms with Crippen LogP contribution < -0.4 is 0 Å². The van der Waals surface area contributed by atoms with Gasteiger partial charge in [0.1, 0.15) is 11.5 Å². The molecule has 0 saturated carbocycles. The molecule has 3 aromatic rings. The minimum Gasteiger partial charge on any atom is -0.507 e. The van der Waals surface area contributed by atoms with Crippen LogP contribution in [0.15, 0.2) is 48.5 Å². The van der Waals surface area contributed by atoms with Crippen molar-refractivity contribution in [1.82, 2.24) is 0 Å². The summed E-state index contributed by atoms with van der Waals surface area (Å²) >= 11 is 5.88. The maximum atomic E-state index is 13.0. The average molecular weight is 367 g/mol. The number of ketones is 2. The van der Waals surface area contributed by atoms with Crippen molar-refractivity contribution in [3.05, 3.63) is 70.2 Å². The Hall–Kier alpha value is -2.85. The highest BCUT2D eigenvalue weighted by Gasteiger charge is 2.38. The molecule has 1 aliphatic rings. The first-order valence-electron chi connectivity index (χ1n) is 8.26. The average Bonchev–Trinajstić information content (AvgIpc) is 2.64. The first-order valence-corrected chi connectivity index (χ1v) is 8.63. The van der Waals surface area contributed by atoms with Crippen LogP contribution in [-0.4, -0.2) is 21.8 Å². The Morgan fingerprint density at radius 3 is 2.08 bits per heavy atom. The molecule has 0 saturated heterocycles. The fourth-order valence-electron chi connectivity index (χ4n) is 3.61. The van der Waals surface area contributed by atoms with Crippen molar-refractivity contribution in [2.75, 3.05) is 0 Å². The normalized spacial score (nSPS) is 16.7. The van der Waals surface area contributed by atoms with E-state index in [2.05, 4.69) is 0 Å². The van der Waals surface area contributed by atoms with Gasteiger partial charge in [-0.3, -0.25) is 9.59 Å². The number of fused-ring (bicyclic) bond motifs is 2. The molecular weight excluding hydrogens is 352 g/mol. The van der Waals surface area contributed by atoms with Gasteiger partial charge in [0.25, 0.3) is 0 Å². The number of hydrogen-bond donors (Lipinski definition) is 2. The van der Waals surface area contributed by atoms with Gasteiger partial charge < -0.3 is 10.2 Å². The Bertz CT molecular complexity index is 1050. The largest absolute Gasteiger partial charge is 0.507 e. The van der Waals surface area contributed by atoms with E-state index in [4.69, 9.17) is 11.6 Å². The molecule has 26 heavy (non-hydrogen) atoms. The van der Waals surface area contributed by atoms with Crippen molar-refractivity contribution < 1.29 is 19.8 Å². The number of Topliss-reactive ketones (excluding diaryl/α,β-unsaturated/α-hetero) is 2. The van der Waals surface area contributed by atoms with Crippen LogP contribution in [-0.2, 0) is 6.42 Å². The Morgan fingerprint density at radius 1 is 0.885 bits per heavy atom. The third kappa shape index (κ3) is 2.54. The van der Waals surface area contributed by atoms with E-state index >= 15 is 0 Å². The second-order valence-corrected chi connectivity index (χ2v) is 6.95. The number of hydrogen-bond acceptors (Lipinski definition) is 4. The minimum atomic E-state index is -0.581. The molecular formula is C21H15ClO4. The number of aromatic hydroxyl groups is 2. The molecule has 5 heteroatoms. The quantitative estimate of drug-likeness (QED) is 0.653. The van der Waals surface area contributed by atoms with E-state index < -0.39 is 5.92 Å². The number of carbonyl (C=O) groups is 2. The molecule has 1 atom stereocenters. The lowest BCUT2D eigenvalue weighted by Gasteiger charge is -2.25. The number of halogens is 1. The lowest BCUT2D eigenvalue weighted by molar-refractivity contribution is 0.0818. The smallest absolute Gasteiger partial charge is 0.171 e. The van der Waals surface area contributed by atoms with E-state index in [1.165, 1.54) is 0 Å². The first kappa shape index (κ1) is 16.6. The molecule has 0 amide bonds. The maximum Gasteiger partial charge on any atom is 0.171 e. The van der Waals surface area contributed by atoms with Gasteiger partial charge in [0, 0.05) is 28.1 Å². The number of phenols is 2. The molecule has 130 valence electrons. The van der Waals surface area contributed by atoms with Crippen molar-refractivity contribution in [3.8, 4) is 11.5 Å². The summed E-state index contributed by atoms with van der Waals surface area (Å²) in [6.45, 7) is 0. The Kier molecular flexibility index (Phi) is 3.93. The second-order valence-electron chi connectivity index (χ2n) is 6.51. The molecule has 4 rings (SSSR count). The summed E-state index contributed by atoms with van der Waals surface area (Å²) in [5.41, 5.74) is 0.739. The summed E-state index contributed by atoms with van der Waals surface area (Å²) in [5.74, 6) is -1.72. The van der Waals surface area contributed by atoms with Gasteiger partial charge in [0.15, 0.2) is 11.6 Å². The van der Waals surface area contributed by atoms with Crippen LogP contribution in [0.25, 0.3) is 10.8 Å². The van der Waals surface area contributed by atoms with Crippen molar-refractivity contribution in [1.29, 1.82) is 0 Å². The highest BCUT2D eigenvalue weighted by molar-refractivity contribution is 6.30. The lowest BCUT2D eigenvalue weighted by Crippen LogP contribution is -2.28. The van der Waals surface area contributed by atoms with E-state index in [0.29, 0.717) is 22.2 Å². The summed E-state index contributed by atoms with van der Waals surface area (Å²) in [4.78, 5) is 25.7. The molecule has 0 spiro atoms. The third-order valence-electron chi connectivity index (χ3n) is 4.88. The Labute approximate surface area is 154 Å². The summed E-state index contributed by atoms with van der Waals surface area (Å²) < 4.78 is 0. The van der Waals surface area contributed by atoms with Gasteiger partial charge in [-0.1, -0.05) is 48.0 Å². The standard InChI is InChI=1S/C21H15ClO4/c22-13-7-5-11(6-8-13)9-12-10-16(23)17-18(19(12)24)21(26)15-4-2-1-3-14(15)20(17)25/h1-8,12,25-26H,9-10H2. The molecule has 1 aliphatic carbocycles. The van der Waals surface area contributed by atoms with Gasteiger partial charge >= 0.3 is 0 Å². The molecule has 2 N–H and O–H groups in total. The number of rotatable bonds is 2. The molecule has 0 heterocycles. The second kappa shape index (κ2) is 6.15. The van der Waals surface area contributed by atoms with Crippen LogP contribution in [0.3, 0.4) is 0 Å². The molecule has 0 bridgehead atoms. The monoisotopic (exact) mass is 366 g/mol. The summed E-state index contributed by atoms with van der Waals surface area (Å²) in [7, 11) is 0. The Balaban J connectivity index is 1.82. The Morgan fingerprint density at radius 2 is 1.46 bits per heavy atom. The van der Waals surface area contributed by atoms with Crippen LogP contribution >= 0.6 is 11.6 Å². The zero-order valence-electron chi connectivity index (χ0n) is 13.7. The van der Waals surface area contributed by atoms with Crippen molar-refractivity contribution in [2.45, 2.75) is 12.8 Å². The molecule has 0 aliphatic heterocycles. The molecule has 4 nitrogen and oxygen atoms in total. The number of carbonyl (C=O) groups excluding carboxylic acids is 2. The van der Waals surface area contributed by atoms with E-state index in [1.807, 2.05) is 12.1 Å². The molecule has 0 aromatic heterocycles. The first-order chi connectivity index (χ1) is 12.5. The predicted molar refractivity (Wildman–Crippen MR) is 99.2 cm³/mol. The van der Waals surface area contributed by atoms with Gasteiger partial charge in [-0.25, -0.2) is 0 Å². The molecule has 1 unspecified atom stereocenters. The zero-order chi connectivity index (χ0) is 18.4. The highest BCUT2D eigenvalue weighted by atomic mass is 35.5. The van der Waals surface area contributed by atoms with Crippen molar-refractivity contribution >= 4 is 33.9 Å². The van der Waals surface area contributed by atoms with Gasteiger partial charge in [0.2, 0.25) is 0 Å². The van der Waals surface area contributed by atoms with Crippen LogP contribution in [0.4, 0.5) is 0 Å². The predicted octanol–water partition coefficient (Wildman–Crippen LogP) is 4.53. The van der Waals surface area contributed by atoms with E-state index in [1.54, 1.807) is 36.4 Å². The summed E-state index contributed by atoms with van der Waals surface area (Å²) in [6.07, 6.45) is 0.369. The SMILES string of the molecule is O=C1CC(Cc2ccc(Cl)cc2)C(=O)c2c1c(O)c1ccccc1c2O. The summed E-state index contributed by atoms with van der Waals surface area (Å²) in [5, 5.41) is 22.5. The van der Waals surface area contributed by atoms with E-state index in [0.717, 1.165) is 5.56 Å². The lowest BCUT2D eigenvalue weighted by atomic mass is 9.77. The molecule has 3 aromatic carbocycles. The number of phenolic OH excluding ortho intramolecular Hbond substituents is 2. The van der Waals surface area contributed by atoms with Gasteiger partial charge in [-0.2, -0.15) is 0 Å². The topological polar surface area (TPSA) is 74.6 Å². The van der Waals surface area contributed by atoms with Crippen molar-refractivity contribution in [2.24, 2.45) is 5.92 Å². The van der Waals surface area contributed by atoms with Gasteiger partial charge in [-0.05, 0) is 24.1 Å². The highest BCUT2D eigenvalue weighted by Crippen LogP contribution is 2.44. The fraction of sp³-hybridized carbons (Fsp3) is 0.143. The van der Waals surface area contributed by atoms with Crippen LogP contribution in [0.2, 0.25) is 5.02 Å². The van der Waals surface area contributed by atoms with Crippen LogP contribution in [0.5, 0.6) is 11.5 Å². The van der Waals surface area contributed by atoms with E-state index in [-0.39, 0.29) is 40.6 Å². The van der Waals surface area contributed by atoms with E-state index in [9.17, 15) is 19.8 Å². The third-order valence-corrected chi connectivity index (χ3v) is 5.14. The van der Waals surface area contributed by atoms with Crippen LogP contribution in [0.1, 0.15) is 32.7 Å². The molecule has 0 radical (unpaired) electrons. The number of benzene rings is 3. The van der Waals surface area contributed by atoms with Crippen LogP contribution in [0, 0.1) is 5.92 Å². The fourth-order valence-corrected chi connectivity index (χ4v) is 3.73. The maximum absolute atomic E-state index is 13.0. The van der Waals surface area contributed by atoms with Gasteiger partial charge in [-0.15, -0.1) is 0 Å².